The fraction of sp³-hybridized carbons (Fsp3) is 0.533. The van der Waals surface area contributed by atoms with Crippen molar-refractivity contribution in [3.63, 3.8) is 0 Å². The summed E-state index contributed by atoms with van der Waals surface area (Å²) in [7, 11) is 0. The zero-order valence-corrected chi connectivity index (χ0v) is 10.5. The van der Waals surface area contributed by atoms with E-state index in [1.807, 2.05) is 17.0 Å². The molecule has 0 aromatic heterocycles. The first-order valence-corrected chi connectivity index (χ1v) is 6.86. The topological polar surface area (TPSA) is 20.3 Å². The molecule has 1 saturated carbocycles. The van der Waals surface area contributed by atoms with Crippen molar-refractivity contribution in [2.75, 3.05) is 0 Å². The van der Waals surface area contributed by atoms with E-state index in [9.17, 15) is 13.6 Å². The summed E-state index contributed by atoms with van der Waals surface area (Å²) in [6, 6.07) is 8.36. The minimum atomic E-state index is -2.62. The van der Waals surface area contributed by atoms with Crippen LogP contribution in [0.5, 0.6) is 0 Å². The maximum atomic E-state index is 12.9. The summed E-state index contributed by atoms with van der Waals surface area (Å²) in [5, 5.41) is 0. The molecule has 1 amide bonds. The molecule has 4 rings (SSSR count). The lowest BCUT2D eigenvalue weighted by Crippen LogP contribution is -2.45. The van der Waals surface area contributed by atoms with E-state index >= 15 is 0 Å². The van der Waals surface area contributed by atoms with E-state index in [1.165, 1.54) is 11.1 Å². The monoisotopic (exact) mass is 263 g/mol. The van der Waals surface area contributed by atoms with E-state index in [4.69, 9.17) is 0 Å². The third-order valence-electron chi connectivity index (χ3n) is 4.79. The van der Waals surface area contributed by atoms with Gasteiger partial charge in [0.05, 0.1) is 12.1 Å². The van der Waals surface area contributed by atoms with E-state index in [-0.39, 0.29) is 30.8 Å². The van der Waals surface area contributed by atoms with E-state index in [0.29, 0.717) is 0 Å². The molecule has 19 heavy (non-hydrogen) atoms. The van der Waals surface area contributed by atoms with Gasteiger partial charge in [-0.25, -0.2) is 8.78 Å². The third-order valence-corrected chi connectivity index (χ3v) is 4.79. The van der Waals surface area contributed by atoms with Crippen LogP contribution in [0.4, 0.5) is 8.78 Å². The van der Waals surface area contributed by atoms with Crippen LogP contribution in [0.1, 0.15) is 48.9 Å². The Hall–Kier alpha value is -1.45. The molecule has 1 aliphatic carbocycles. The molecule has 0 spiro atoms. The minimum Gasteiger partial charge on any atom is -0.328 e. The highest BCUT2D eigenvalue weighted by Gasteiger charge is 2.54. The van der Waals surface area contributed by atoms with Crippen LogP contribution in [-0.2, 0) is 4.79 Å². The number of hydrogen-bond donors (Lipinski definition) is 0. The molecule has 1 saturated heterocycles. The Morgan fingerprint density at radius 2 is 1.63 bits per heavy atom. The molecule has 2 bridgehead atoms. The number of benzene rings is 1. The standard InChI is InChI=1S/C15H15F2NO/c16-15(17)7-9(8-15)14(19)18-12-5-6-13(18)11-4-2-1-3-10(11)12/h1-4,9,12-13H,5-8H2. The van der Waals surface area contributed by atoms with E-state index < -0.39 is 11.8 Å². The van der Waals surface area contributed by atoms with Crippen LogP contribution in [0.15, 0.2) is 24.3 Å². The Morgan fingerprint density at radius 3 is 2.11 bits per heavy atom. The molecule has 2 unspecified atom stereocenters. The van der Waals surface area contributed by atoms with Crippen LogP contribution < -0.4 is 0 Å². The van der Waals surface area contributed by atoms with Crippen molar-refractivity contribution in [1.29, 1.82) is 0 Å². The van der Waals surface area contributed by atoms with Gasteiger partial charge in [0.25, 0.3) is 0 Å². The van der Waals surface area contributed by atoms with Crippen LogP contribution in [0.25, 0.3) is 0 Å². The largest absolute Gasteiger partial charge is 0.328 e. The number of fused-ring (bicyclic) bond motifs is 5. The zero-order valence-electron chi connectivity index (χ0n) is 10.5. The molecule has 0 radical (unpaired) electrons. The fourth-order valence-electron chi connectivity index (χ4n) is 3.89. The van der Waals surface area contributed by atoms with Crippen molar-refractivity contribution in [3.05, 3.63) is 35.4 Å². The number of rotatable bonds is 1. The van der Waals surface area contributed by atoms with Crippen LogP contribution in [-0.4, -0.2) is 16.7 Å². The van der Waals surface area contributed by atoms with Crippen LogP contribution in [0.2, 0.25) is 0 Å². The number of halogens is 2. The second-order valence-electron chi connectivity index (χ2n) is 5.94. The van der Waals surface area contributed by atoms with E-state index in [0.717, 1.165) is 12.8 Å². The lowest BCUT2D eigenvalue weighted by atomic mass is 9.80. The van der Waals surface area contributed by atoms with Gasteiger partial charge in [-0.05, 0) is 24.0 Å². The lowest BCUT2D eigenvalue weighted by molar-refractivity contribution is -0.162. The lowest BCUT2D eigenvalue weighted by Gasteiger charge is -2.37. The molecule has 100 valence electrons. The number of amides is 1. The predicted octanol–water partition coefficient (Wildman–Crippen LogP) is 3.45. The summed E-state index contributed by atoms with van der Waals surface area (Å²) < 4.78 is 25.9. The Bertz CT molecular complexity index is 518. The van der Waals surface area contributed by atoms with Gasteiger partial charge in [-0.15, -0.1) is 0 Å². The van der Waals surface area contributed by atoms with E-state index in [1.54, 1.807) is 0 Å². The summed E-state index contributed by atoms with van der Waals surface area (Å²) in [4.78, 5) is 14.3. The van der Waals surface area contributed by atoms with Crippen molar-refractivity contribution in [2.24, 2.45) is 5.92 Å². The summed E-state index contributed by atoms with van der Waals surface area (Å²) in [5.41, 5.74) is 2.44. The van der Waals surface area contributed by atoms with Crippen molar-refractivity contribution in [1.82, 2.24) is 4.90 Å². The van der Waals surface area contributed by atoms with Crippen molar-refractivity contribution in [3.8, 4) is 0 Å². The summed E-state index contributed by atoms with van der Waals surface area (Å²) in [6.45, 7) is 0. The summed E-state index contributed by atoms with van der Waals surface area (Å²) in [5.74, 6) is -3.14. The van der Waals surface area contributed by atoms with Gasteiger partial charge >= 0.3 is 0 Å². The van der Waals surface area contributed by atoms with Crippen LogP contribution in [0.3, 0.4) is 0 Å². The average Bonchev–Trinajstić information content (AvgIpc) is 2.92. The van der Waals surface area contributed by atoms with Gasteiger partial charge in [0.1, 0.15) is 0 Å². The van der Waals surface area contributed by atoms with Crippen molar-refractivity contribution in [2.45, 2.75) is 43.7 Å². The van der Waals surface area contributed by atoms with Crippen molar-refractivity contribution >= 4 is 5.91 Å². The van der Waals surface area contributed by atoms with Crippen LogP contribution in [0, 0.1) is 5.92 Å². The van der Waals surface area contributed by atoms with Gasteiger partial charge in [0.2, 0.25) is 11.8 Å². The number of carbonyl (C=O) groups is 1. The average molecular weight is 263 g/mol. The maximum Gasteiger partial charge on any atom is 0.249 e. The first kappa shape index (κ1) is 11.4. The molecule has 2 aliphatic heterocycles. The first-order chi connectivity index (χ1) is 9.07. The van der Waals surface area contributed by atoms with Gasteiger partial charge in [-0.2, -0.15) is 0 Å². The van der Waals surface area contributed by atoms with Gasteiger partial charge in [0, 0.05) is 18.8 Å². The number of carbonyl (C=O) groups excluding carboxylic acids is 1. The normalized spacial score (nSPS) is 31.2. The molecule has 0 N–H and O–H groups in total. The minimum absolute atomic E-state index is 0.0605. The first-order valence-electron chi connectivity index (χ1n) is 6.86. The predicted molar refractivity (Wildman–Crippen MR) is 65.7 cm³/mol. The molecule has 2 nitrogen and oxygen atoms in total. The molecule has 2 atom stereocenters. The number of nitrogens with zero attached hydrogens (tertiary/aromatic N) is 1. The second-order valence-corrected chi connectivity index (χ2v) is 5.94. The van der Waals surface area contributed by atoms with Gasteiger partial charge in [-0.3, -0.25) is 4.79 Å². The summed E-state index contributed by atoms with van der Waals surface area (Å²) >= 11 is 0. The molecule has 1 aromatic rings. The van der Waals surface area contributed by atoms with Crippen molar-refractivity contribution < 1.29 is 13.6 Å². The molecule has 3 aliphatic rings. The molecular weight excluding hydrogens is 248 g/mol. The highest BCUT2D eigenvalue weighted by Crippen LogP contribution is 2.55. The Balaban J connectivity index is 1.61. The Labute approximate surface area is 110 Å². The Kier molecular flexibility index (Phi) is 2.13. The highest BCUT2D eigenvalue weighted by atomic mass is 19.3. The molecular formula is C15H15F2NO. The number of alkyl halides is 2. The highest BCUT2D eigenvalue weighted by molar-refractivity contribution is 5.82. The van der Waals surface area contributed by atoms with Gasteiger partial charge in [-0.1, -0.05) is 24.3 Å². The Morgan fingerprint density at radius 1 is 1.11 bits per heavy atom. The second kappa shape index (κ2) is 3.56. The SMILES string of the molecule is O=C(C1CC(F)(F)C1)N1C2CCC1c1ccccc12. The van der Waals surface area contributed by atoms with E-state index in [2.05, 4.69) is 12.1 Å². The maximum absolute atomic E-state index is 12.9. The number of hydrogen-bond acceptors (Lipinski definition) is 1. The zero-order chi connectivity index (χ0) is 13.2. The molecule has 2 fully saturated rings. The van der Waals surface area contributed by atoms with Gasteiger partial charge < -0.3 is 4.90 Å². The molecule has 1 aromatic carbocycles. The quantitative estimate of drug-likeness (QED) is 0.760. The fourth-order valence-corrected chi connectivity index (χ4v) is 3.89. The van der Waals surface area contributed by atoms with Gasteiger partial charge in [0.15, 0.2) is 0 Å². The molecule has 2 heterocycles. The van der Waals surface area contributed by atoms with Crippen LogP contribution >= 0.6 is 0 Å². The third kappa shape index (κ3) is 1.49. The smallest absolute Gasteiger partial charge is 0.249 e. The molecule has 4 heteroatoms. The summed E-state index contributed by atoms with van der Waals surface area (Å²) in [6.07, 6.45) is 1.41.